The predicted molar refractivity (Wildman–Crippen MR) is 52.2 cm³/mol. The van der Waals surface area contributed by atoms with E-state index < -0.39 is 0 Å². The number of methoxy groups -OCH3 is 1. The van der Waals surface area contributed by atoms with Crippen LogP contribution in [0.25, 0.3) is 0 Å². The topological polar surface area (TPSA) is 55.7 Å². The van der Waals surface area contributed by atoms with E-state index in [9.17, 15) is 9.59 Å². The van der Waals surface area contributed by atoms with Crippen LogP contribution in [0.2, 0.25) is 0 Å². The number of carbonyl (C=O) groups excluding carboxylic acids is 2. The summed E-state index contributed by atoms with van der Waals surface area (Å²) in [5.41, 5.74) is 0.487. The van der Waals surface area contributed by atoms with Crippen LogP contribution < -0.4 is 0 Å². The number of hydrogen-bond donors (Lipinski definition) is 0. The molecule has 0 saturated carbocycles. The van der Waals surface area contributed by atoms with Gasteiger partial charge in [0.05, 0.1) is 18.7 Å². The minimum Gasteiger partial charge on any atom is -0.465 e. The van der Waals surface area contributed by atoms with Crippen molar-refractivity contribution in [3.05, 3.63) is 21.9 Å². The van der Waals surface area contributed by atoms with Crippen molar-refractivity contribution in [2.75, 3.05) is 7.11 Å². The average molecular weight is 211 g/mol. The Kier molecular flexibility index (Phi) is 3.56. The first-order valence-corrected chi connectivity index (χ1v) is 4.80. The summed E-state index contributed by atoms with van der Waals surface area (Å²) in [6.07, 6.45) is 1.48. The molecule has 14 heavy (non-hydrogen) atoms. The van der Waals surface area contributed by atoms with Crippen molar-refractivity contribution < 1.29 is 14.3 Å². The molecule has 1 rings (SSSR count). The zero-order chi connectivity index (χ0) is 10.6. The lowest BCUT2D eigenvalue weighted by molar-refractivity contribution is 0.0601. The minimum absolute atomic E-state index is 0.254. The first kappa shape index (κ1) is 10.6. The number of carbonyl (C=O) groups is 1. The van der Waals surface area contributed by atoms with Gasteiger partial charge in [-0.2, -0.15) is 4.99 Å². The molecule has 0 N–H and O–H groups in total. The summed E-state index contributed by atoms with van der Waals surface area (Å²) in [4.78, 5) is 25.5. The zero-order valence-electron chi connectivity index (χ0n) is 7.81. The van der Waals surface area contributed by atoms with Crippen molar-refractivity contribution in [1.29, 1.82) is 0 Å². The van der Waals surface area contributed by atoms with E-state index in [1.807, 2.05) is 0 Å². The Morgan fingerprint density at radius 2 is 2.43 bits per heavy atom. The molecule has 4 nitrogen and oxygen atoms in total. The first-order valence-electron chi connectivity index (χ1n) is 3.92. The molecule has 0 bridgehead atoms. The van der Waals surface area contributed by atoms with Crippen LogP contribution in [0.15, 0.2) is 16.4 Å². The average Bonchev–Trinajstić information content (AvgIpc) is 2.66. The molecule has 1 aromatic heterocycles. The maximum Gasteiger partial charge on any atom is 0.338 e. The normalized spacial score (nSPS) is 11.6. The summed E-state index contributed by atoms with van der Waals surface area (Å²) in [6, 6.07) is 1.41. The molecule has 1 aromatic rings. The Balaban J connectivity index is 2.87. The fourth-order valence-electron chi connectivity index (χ4n) is 0.939. The summed E-state index contributed by atoms with van der Waals surface area (Å²) in [7, 11) is 1.33. The predicted octanol–water partition coefficient (Wildman–Crippen LogP) is 1.93. The number of isocyanates is 1. The van der Waals surface area contributed by atoms with E-state index in [2.05, 4.69) is 9.73 Å². The standard InChI is InChI=1S/C9H9NO3S/c1-6(10-5-11)8-3-7(4-14-8)9(12)13-2/h3-4,6H,1-2H3. The van der Waals surface area contributed by atoms with Gasteiger partial charge in [-0.3, -0.25) is 0 Å². The van der Waals surface area contributed by atoms with Crippen LogP contribution in [0, 0.1) is 0 Å². The fourth-order valence-corrected chi connectivity index (χ4v) is 1.81. The lowest BCUT2D eigenvalue weighted by Gasteiger charge is -1.97. The molecule has 0 radical (unpaired) electrons. The second-order valence-electron chi connectivity index (χ2n) is 2.63. The Labute approximate surface area is 85.2 Å². The van der Waals surface area contributed by atoms with Gasteiger partial charge in [-0.25, -0.2) is 9.59 Å². The number of esters is 1. The van der Waals surface area contributed by atoms with Crippen LogP contribution in [0.3, 0.4) is 0 Å². The van der Waals surface area contributed by atoms with Crippen LogP contribution in [0.4, 0.5) is 0 Å². The lowest BCUT2D eigenvalue weighted by atomic mass is 10.2. The van der Waals surface area contributed by atoms with E-state index in [4.69, 9.17) is 0 Å². The summed E-state index contributed by atoms with van der Waals surface area (Å²) in [6.45, 7) is 1.76. The van der Waals surface area contributed by atoms with E-state index in [1.54, 1.807) is 18.4 Å². The van der Waals surface area contributed by atoms with Gasteiger partial charge in [0.1, 0.15) is 0 Å². The Morgan fingerprint density at radius 1 is 1.71 bits per heavy atom. The number of rotatable bonds is 3. The Bertz CT molecular complexity index is 379. The smallest absolute Gasteiger partial charge is 0.338 e. The largest absolute Gasteiger partial charge is 0.465 e. The van der Waals surface area contributed by atoms with E-state index in [0.717, 1.165) is 4.88 Å². The third-order valence-corrected chi connectivity index (χ3v) is 2.80. The highest BCUT2D eigenvalue weighted by Crippen LogP contribution is 2.24. The van der Waals surface area contributed by atoms with Gasteiger partial charge in [-0.1, -0.05) is 0 Å². The Hall–Kier alpha value is -1.45. The van der Waals surface area contributed by atoms with Gasteiger partial charge < -0.3 is 4.74 Å². The summed E-state index contributed by atoms with van der Waals surface area (Å²) >= 11 is 1.37. The number of thiophene rings is 1. The molecule has 0 saturated heterocycles. The van der Waals surface area contributed by atoms with Crippen LogP contribution in [0.5, 0.6) is 0 Å². The maximum atomic E-state index is 11.1. The molecular formula is C9H9NO3S. The van der Waals surface area contributed by atoms with E-state index >= 15 is 0 Å². The highest BCUT2D eigenvalue weighted by atomic mass is 32.1. The van der Waals surface area contributed by atoms with Crippen LogP contribution in [-0.4, -0.2) is 19.2 Å². The monoisotopic (exact) mass is 211 g/mol. The van der Waals surface area contributed by atoms with Crippen LogP contribution in [-0.2, 0) is 9.53 Å². The fraction of sp³-hybridized carbons (Fsp3) is 0.333. The lowest BCUT2D eigenvalue weighted by Crippen LogP contribution is -1.98. The quantitative estimate of drug-likeness (QED) is 0.436. The van der Waals surface area contributed by atoms with Crippen molar-refractivity contribution in [3.8, 4) is 0 Å². The third kappa shape index (κ3) is 2.28. The van der Waals surface area contributed by atoms with E-state index in [1.165, 1.54) is 24.5 Å². The van der Waals surface area contributed by atoms with Gasteiger partial charge in [0.2, 0.25) is 6.08 Å². The molecule has 1 unspecified atom stereocenters. The first-order chi connectivity index (χ1) is 6.69. The molecule has 0 spiro atoms. The summed E-state index contributed by atoms with van der Waals surface area (Å²) in [5.74, 6) is -0.380. The Morgan fingerprint density at radius 3 is 3.00 bits per heavy atom. The van der Waals surface area contributed by atoms with Gasteiger partial charge in [0.15, 0.2) is 0 Å². The molecule has 0 amide bonds. The molecule has 0 aliphatic rings. The third-order valence-electron chi connectivity index (χ3n) is 1.70. The summed E-state index contributed by atoms with van der Waals surface area (Å²) in [5, 5.41) is 1.68. The number of ether oxygens (including phenoxy) is 1. The minimum atomic E-state index is -0.380. The second kappa shape index (κ2) is 4.69. The second-order valence-corrected chi connectivity index (χ2v) is 3.57. The van der Waals surface area contributed by atoms with E-state index in [0.29, 0.717) is 5.56 Å². The molecule has 0 aliphatic heterocycles. The number of nitrogens with zero attached hydrogens (tertiary/aromatic N) is 1. The molecular weight excluding hydrogens is 202 g/mol. The zero-order valence-corrected chi connectivity index (χ0v) is 8.63. The van der Waals surface area contributed by atoms with Gasteiger partial charge in [-0.05, 0) is 13.0 Å². The van der Waals surface area contributed by atoms with Crippen LogP contribution in [0.1, 0.15) is 28.2 Å². The highest BCUT2D eigenvalue weighted by molar-refractivity contribution is 7.10. The molecule has 1 atom stereocenters. The molecule has 5 heteroatoms. The molecule has 0 aliphatic carbocycles. The SMILES string of the molecule is COC(=O)c1csc(C(C)N=C=O)c1. The van der Waals surface area contributed by atoms with Crippen LogP contribution >= 0.6 is 11.3 Å². The maximum absolute atomic E-state index is 11.1. The van der Waals surface area contributed by atoms with Crippen molar-refractivity contribution in [1.82, 2.24) is 0 Å². The number of hydrogen-bond acceptors (Lipinski definition) is 5. The van der Waals surface area contributed by atoms with Crippen molar-refractivity contribution in [2.45, 2.75) is 13.0 Å². The van der Waals surface area contributed by atoms with Gasteiger partial charge in [0.25, 0.3) is 0 Å². The molecule has 1 heterocycles. The van der Waals surface area contributed by atoms with Gasteiger partial charge in [0, 0.05) is 10.3 Å². The highest BCUT2D eigenvalue weighted by Gasteiger charge is 2.11. The van der Waals surface area contributed by atoms with Crippen molar-refractivity contribution >= 4 is 23.4 Å². The summed E-state index contributed by atoms with van der Waals surface area (Å²) < 4.78 is 4.55. The van der Waals surface area contributed by atoms with Gasteiger partial charge >= 0.3 is 5.97 Å². The molecule has 74 valence electrons. The molecule has 0 aromatic carbocycles. The van der Waals surface area contributed by atoms with E-state index in [-0.39, 0.29) is 12.0 Å². The van der Waals surface area contributed by atoms with Crippen molar-refractivity contribution in [2.24, 2.45) is 4.99 Å². The van der Waals surface area contributed by atoms with Gasteiger partial charge in [-0.15, -0.1) is 11.3 Å². The number of aliphatic imine (C=N–C) groups is 1. The molecule has 0 fully saturated rings. The van der Waals surface area contributed by atoms with Crippen molar-refractivity contribution in [3.63, 3.8) is 0 Å².